The van der Waals surface area contributed by atoms with E-state index in [0.717, 1.165) is 48.3 Å². The molecule has 0 bridgehead atoms. The molecule has 180 valence electrons. The largest absolute Gasteiger partial charge is 4.00 e. The number of aromatic nitrogens is 1. The van der Waals surface area contributed by atoms with Crippen molar-refractivity contribution in [1.82, 2.24) is 4.98 Å². The van der Waals surface area contributed by atoms with Crippen LogP contribution < -0.4 is 0 Å². The number of nitrogens with zero attached hydrogens (tertiary/aromatic N) is 2. The van der Waals surface area contributed by atoms with Gasteiger partial charge in [0.05, 0.1) is 0 Å². The van der Waals surface area contributed by atoms with E-state index < -0.39 is 5.54 Å². The second-order valence-electron chi connectivity index (χ2n) is 8.94. The third kappa shape index (κ3) is 6.91. The second kappa shape index (κ2) is 13.7. The van der Waals surface area contributed by atoms with Crippen molar-refractivity contribution in [2.24, 2.45) is 0 Å². The molecule has 4 aromatic rings. The van der Waals surface area contributed by atoms with Crippen molar-refractivity contribution < 1.29 is 25.8 Å². The maximum absolute atomic E-state index is 5.32. The monoisotopic (exact) mass is 630 g/mol. The zero-order chi connectivity index (χ0) is 22.6. The fraction of sp³-hybridized carbons (Fsp3) is 0.281. The van der Waals surface area contributed by atoms with Crippen LogP contribution in [0.15, 0.2) is 72.8 Å². The van der Waals surface area contributed by atoms with E-state index >= 15 is 0 Å². The molecule has 0 saturated carbocycles. The molecule has 0 spiro atoms. The molecule has 0 aliphatic heterocycles. The van der Waals surface area contributed by atoms with Crippen LogP contribution in [-0.2, 0) is 44.2 Å². The summed E-state index contributed by atoms with van der Waals surface area (Å²) >= 11 is 0. The molecule has 0 saturated heterocycles. The van der Waals surface area contributed by atoms with Gasteiger partial charge in [0.15, 0.2) is 0 Å². The molecule has 0 unspecified atom stereocenters. The Morgan fingerprint density at radius 2 is 1.43 bits per heavy atom. The number of pyridine rings is 1. The van der Waals surface area contributed by atoms with Crippen molar-refractivity contribution in [3.63, 3.8) is 0 Å². The molecule has 3 heteroatoms. The summed E-state index contributed by atoms with van der Waals surface area (Å²) in [7, 11) is 0. The number of rotatable bonds is 8. The summed E-state index contributed by atoms with van der Waals surface area (Å²) in [6.45, 7) is 8.80. The number of benzene rings is 3. The van der Waals surface area contributed by atoms with Crippen molar-refractivity contribution in [1.29, 1.82) is 0 Å². The molecule has 0 atom stereocenters. The van der Waals surface area contributed by atoms with Gasteiger partial charge in [-0.3, -0.25) is 0 Å². The number of fused-ring (bicyclic) bond motifs is 1. The average Bonchev–Trinajstić information content (AvgIpc) is 2.81. The van der Waals surface area contributed by atoms with Gasteiger partial charge in [-0.25, -0.2) is 0 Å². The summed E-state index contributed by atoms with van der Waals surface area (Å²) in [5.41, 5.74) is 6.36. The first kappa shape index (κ1) is 30.8. The Hall–Kier alpha value is -2.26. The first-order valence-corrected chi connectivity index (χ1v) is 11.7. The minimum atomic E-state index is -0.438. The fourth-order valence-electron chi connectivity index (χ4n) is 4.36. The zero-order valence-electron chi connectivity index (χ0n) is 22.2. The van der Waals surface area contributed by atoms with Gasteiger partial charge in [0.1, 0.15) is 0 Å². The molecule has 2 nitrogen and oxygen atoms in total. The van der Waals surface area contributed by atoms with E-state index in [1.165, 1.54) is 21.9 Å². The summed E-state index contributed by atoms with van der Waals surface area (Å²) in [5, 5.41) is 7.70. The Morgan fingerprint density at radius 1 is 0.800 bits per heavy atom. The van der Waals surface area contributed by atoms with Crippen LogP contribution in [-0.4, -0.2) is 4.98 Å². The Morgan fingerprint density at radius 3 is 2.09 bits per heavy atom. The maximum atomic E-state index is 5.32. The molecule has 4 rings (SSSR count). The van der Waals surface area contributed by atoms with Crippen molar-refractivity contribution in [3.05, 3.63) is 116 Å². The van der Waals surface area contributed by atoms with Gasteiger partial charge >= 0.3 is 25.8 Å². The standard InChI is InChI=1S/C30H32N2.2CH3.Hf/c1-5-12-23-16-9-17-24(13-6-2)29(23)32-30(3,4)28-21-11-20-27(31-28)26-19-10-15-22-14-7-8-18-25(22)26;;;/h7-11,14-18,20-21H,5-6,12-13H2,1-4H3;2*1H3;/q-2;2*-1;+4. The smallest absolute Gasteiger partial charge is 0.674 e. The van der Waals surface area contributed by atoms with Gasteiger partial charge in [-0.1, -0.05) is 117 Å². The predicted molar refractivity (Wildman–Crippen MR) is 149 cm³/mol. The van der Waals surface area contributed by atoms with Crippen LogP contribution in [0.4, 0.5) is 5.69 Å². The molecular formula is C32H38HfN2. The van der Waals surface area contributed by atoms with Crippen molar-refractivity contribution in [2.45, 2.75) is 58.9 Å². The summed E-state index contributed by atoms with van der Waals surface area (Å²) in [6, 6.07) is 28.8. The van der Waals surface area contributed by atoms with Gasteiger partial charge < -0.3 is 25.2 Å². The van der Waals surface area contributed by atoms with E-state index in [-0.39, 0.29) is 40.7 Å². The van der Waals surface area contributed by atoms with Gasteiger partial charge in [0.25, 0.3) is 0 Å². The maximum Gasteiger partial charge on any atom is 4.00 e. The average molecular weight is 629 g/mol. The molecule has 35 heavy (non-hydrogen) atoms. The van der Waals surface area contributed by atoms with Crippen LogP contribution in [0.3, 0.4) is 0 Å². The third-order valence-corrected chi connectivity index (χ3v) is 5.99. The summed E-state index contributed by atoms with van der Waals surface area (Å²) in [5.74, 6) is 0. The van der Waals surface area contributed by atoms with Gasteiger partial charge in [-0.2, -0.15) is 0 Å². The third-order valence-electron chi connectivity index (χ3n) is 5.99. The minimum Gasteiger partial charge on any atom is -0.674 e. The minimum absolute atomic E-state index is 0. The molecule has 0 fully saturated rings. The second-order valence-corrected chi connectivity index (χ2v) is 8.94. The van der Waals surface area contributed by atoms with E-state index in [1.807, 2.05) is 6.07 Å². The first-order valence-electron chi connectivity index (χ1n) is 11.7. The van der Waals surface area contributed by atoms with Crippen LogP contribution in [0.2, 0.25) is 0 Å². The van der Waals surface area contributed by atoms with E-state index in [0.29, 0.717) is 0 Å². The van der Waals surface area contributed by atoms with E-state index in [1.54, 1.807) is 0 Å². The van der Waals surface area contributed by atoms with E-state index in [4.69, 9.17) is 10.3 Å². The van der Waals surface area contributed by atoms with Crippen LogP contribution in [0, 0.1) is 20.9 Å². The van der Waals surface area contributed by atoms with Crippen LogP contribution in [0.25, 0.3) is 27.3 Å². The van der Waals surface area contributed by atoms with Crippen LogP contribution in [0.5, 0.6) is 0 Å². The van der Waals surface area contributed by atoms with Crippen LogP contribution >= 0.6 is 0 Å². The molecule has 0 aliphatic carbocycles. The zero-order valence-corrected chi connectivity index (χ0v) is 25.7. The van der Waals surface area contributed by atoms with Crippen molar-refractivity contribution >= 4 is 16.5 Å². The molecule has 0 N–H and O–H groups in total. The number of hydrogen-bond acceptors (Lipinski definition) is 1. The fourth-order valence-corrected chi connectivity index (χ4v) is 4.36. The van der Waals surface area contributed by atoms with Gasteiger partial charge in [-0.15, -0.1) is 34.8 Å². The summed E-state index contributed by atoms with van der Waals surface area (Å²) in [6.07, 6.45) is 4.32. The summed E-state index contributed by atoms with van der Waals surface area (Å²) < 4.78 is 0. The number of aryl methyl sites for hydroxylation is 2. The Bertz CT molecular complexity index is 1180. The van der Waals surface area contributed by atoms with Gasteiger partial charge in [0.2, 0.25) is 0 Å². The van der Waals surface area contributed by atoms with E-state index in [9.17, 15) is 0 Å². The van der Waals surface area contributed by atoms with Crippen LogP contribution in [0.1, 0.15) is 57.4 Å². The Labute approximate surface area is 232 Å². The topological polar surface area (TPSA) is 27.0 Å². The Balaban J connectivity index is 0.00000204. The quantitative estimate of drug-likeness (QED) is 0.141. The van der Waals surface area contributed by atoms with Gasteiger partial charge in [-0.05, 0) is 24.6 Å². The number of para-hydroxylation sites is 1. The molecule has 0 aliphatic rings. The Kier molecular flexibility index (Phi) is 12.1. The summed E-state index contributed by atoms with van der Waals surface area (Å²) in [4.78, 5) is 5.09. The van der Waals surface area contributed by atoms with E-state index in [2.05, 4.69) is 100 Å². The molecule has 3 aromatic carbocycles. The molecule has 0 radical (unpaired) electrons. The SMILES string of the molecule is CCCc1cccc(CCC)c1[N-]C(C)(C)c1cccc(-c2[c-]ccc3ccccc23)n1.[CH3-].[CH3-].[Hf+4]. The predicted octanol–water partition coefficient (Wildman–Crippen LogP) is 9.45. The molecule has 0 amide bonds. The first-order chi connectivity index (χ1) is 15.5. The molecule has 1 aromatic heterocycles. The normalized spacial score (nSPS) is 10.6. The molecular weight excluding hydrogens is 591 g/mol. The van der Waals surface area contributed by atoms with Crippen molar-refractivity contribution in [2.75, 3.05) is 0 Å². The number of hydrogen-bond donors (Lipinski definition) is 0. The van der Waals surface area contributed by atoms with Crippen molar-refractivity contribution in [3.8, 4) is 11.3 Å². The van der Waals surface area contributed by atoms with Gasteiger partial charge in [0, 0.05) is 5.69 Å². The molecule has 1 heterocycles.